The molecule has 0 aromatic rings. The summed E-state index contributed by atoms with van der Waals surface area (Å²) in [6, 6.07) is 0. The molecule has 1 saturated heterocycles. The maximum Gasteiger partial charge on any atom is 0.147 e. The molecule has 60 valence electrons. The zero-order valence-corrected chi connectivity index (χ0v) is 6.86. The fourth-order valence-corrected chi connectivity index (χ4v) is 2.26. The first-order chi connectivity index (χ1) is 4.58. The van der Waals surface area contributed by atoms with Crippen molar-refractivity contribution in [3.63, 3.8) is 0 Å². The van der Waals surface area contributed by atoms with Gasteiger partial charge in [0.2, 0.25) is 0 Å². The van der Waals surface area contributed by atoms with Gasteiger partial charge in [0.05, 0.1) is 12.4 Å². The highest BCUT2D eigenvalue weighted by Crippen LogP contribution is 2.13. The average Bonchev–Trinajstić information content (AvgIpc) is 2.12. The molecule has 4 heteroatoms. The molecule has 1 heterocycles. The molecule has 0 N–H and O–H groups in total. The first kappa shape index (κ1) is 8.01. The van der Waals surface area contributed by atoms with E-state index >= 15 is 0 Å². The summed E-state index contributed by atoms with van der Waals surface area (Å²) in [5.74, 6) is 0.530. The monoisotopic (exact) mass is 164 g/mol. The van der Waals surface area contributed by atoms with Crippen molar-refractivity contribution in [2.75, 3.05) is 25.2 Å². The van der Waals surface area contributed by atoms with Crippen LogP contribution in [0.2, 0.25) is 0 Å². The van der Waals surface area contributed by atoms with Crippen molar-refractivity contribution in [2.24, 2.45) is 5.92 Å². The lowest BCUT2D eigenvalue weighted by molar-refractivity contribution is 0.188. The fourth-order valence-electron chi connectivity index (χ4n) is 1.14. The van der Waals surface area contributed by atoms with E-state index in [2.05, 4.69) is 0 Å². The zero-order valence-electron chi connectivity index (χ0n) is 6.04. The maximum atomic E-state index is 10.7. The number of sulfone groups is 1. The third kappa shape index (κ3) is 2.66. The summed E-state index contributed by atoms with van der Waals surface area (Å²) in [6.45, 7) is 1.34. The van der Waals surface area contributed by atoms with Crippen molar-refractivity contribution in [3.8, 4) is 0 Å². The smallest absolute Gasteiger partial charge is 0.147 e. The van der Waals surface area contributed by atoms with Crippen molar-refractivity contribution in [1.82, 2.24) is 0 Å². The Bertz CT molecular complexity index is 189. The quantitative estimate of drug-likeness (QED) is 0.580. The average molecular weight is 164 g/mol. The second-order valence-electron chi connectivity index (χ2n) is 2.82. The maximum absolute atomic E-state index is 10.7. The van der Waals surface area contributed by atoms with Gasteiger partial charge in [0.25, 0.3) is 0 Å². The first-order valence-electron chi connectivity index (χ1n) is 3.33. The van der Waals surface area contributed by atoms with Gasteiger partial charge in [-0.3, -0.25) is 0 Å². The van der Waals surface area contributed by atoms with Crippen molar-refractivity contribution in [1.29, 1.82) is 0 Å². The summed E-state index contributed by atoms with van der Waals surface area (Å²) in [6.07, 6.45) is 2.17. The van der Waals surface area contributed by atoms with Crippen LogP contribution in [-0.4, -0.2) is 33.6 Å². The highest BCUT2D eigenvalue weighted by molar-refractivity contribution is 7.90. The van der Waals surface area contributed by atoms with Gasteiger partial charge in [0.1, 0.15) is 9.84 Å². The van der Waals surface area contributed by atoms with Gasteiger partial charge < -0.3 is 4.74 Å². The molecule has 1 unspecified atom stereocenters. The lowest BCUT2D eigenvalue weighted by Crippen LogP contribution is -2.14. The minimum atomic E-state index is -2.79. The Kier molecular flexibility index (Phi) is 2.31. The Hall–Kier alpha value is -0.0900. The van der Waals surface area contributed by atoms with E-state index in [-0.39, 0.29) is 11.7 Å². The highest BCUT2D eigenvalue weighted by Gasteiger charge is 2.19. The molecule has 0 amide bonds. The molecular formula is C6H12O3S. The van der Waals surface area contributed by atoms with Gasteiger partial charge >= 0.3 is 0 Å². The molecule has 0 bridgehead atoms. The van der Waals surface area contributed by atoms with E-state index < -0.39 is 9.84 Å². The van der Waals surface area contributed by atoms with E-state index in [0.717, 1.165) is 13.0 Å². The molecule has 10 heavy (non-hydrogen) atoms. The lowest BCUT2D eigenvalue weighted by Gasteiger charge is -2.02. The summed E-state index contributed by atoms with van der Waals surface area (Å²) in [5.41, 5.74) is 0. The van der Waals surface area contributed by atoms with Gasteiger partial charge in [-0.1, -0.05) is 0 Å². The summed E-state index contributed by atoms with van der Waals surface area (Å²) in [7, 11) is -2.79. The molecule has 1 aliphatic heterocycles. The second-order valence-corrected chi connectivity index (χ2v) is 5.01. The largest absolute Gasteiger partial charge is 0.381 e. The predicted octanol–water partition coefficient (Wildman–Crippen LogP) is 0.0675. The molecule has 1 rings (SSSR count). The predicted molar refractivity (Wildman–Crippen MR) is 38.6 cm³/mol. The number of hydrogen-bond acceptors (Lipinski definition) is 3. The molecule has 0 saturated carbocycles. The van der Waals surface area contributed by atoms with Gasteiger partial charge in [-0.25, -0.2) is 8.42 Å². The third-order valence-electron chi connectivity index (χ3n) is 1.56. The first-order valence-corrected chi connectivity index (χ1v) is 5.39. The van der Waals surface area contributed by atoms with Crippen LogP contribution >= 0.6 is 0 Å². The van der Waals surface area contributed by atoms with Crippen molar-refractivity contribution < 1.29 is 13.2 Å². The van der Waals surface area contributed by atoms with Gasteiger partial charge in [-0.2, -0.15) is 0 Å². The van der Waals surface area contributed by atoms with Crippen LogP contribution in [0.5, 0.6) is 0 Å². The Morgan fingerprint density at radius 1 is 1.60 bits per heavy atom. The highest BCUT2D eigenvalue weighted by atomic mass is 32.2. The molecule has 0 aliphatic carbocycles. The van der Waals surface area contributed by atoms with Crippen LogP contribution in [0, 0.1) is 5.92 Å². The molecule has 3 nitrogen and oxygen atoms in total. The van der Waals surface area contributed by atoms with Crippen LogP contribution in [-0.2, 0) is 14.6 Å². The zero-order chi connectivity index (χ0) is 7.61. The van der Waals surface area contributed by atoms with E-state index in [4.69, 9.17) is 4.74 Å². The van der Waals surface area contributed by atoms with Gasteiger partial charge in [0.15, 0.2) is 0 Å². The number of rotatable bonds is 2. The summed E-state index contributed by atoms with van der Waals surface area (Å²) >= 11 is 0. The van der Waals surface area contributed by atoms with Crippen LogP contribution in [0.25, 0.3) is 0 Å². The third-order valence-corrected chi connectivity index (χ3v) is 2.64. The Morgan fingerprint density at radius 2 is 2.30 bits per heavy atom. The standard InChI is InChI=1S/C6H12O3S/c1-10(7,8)5-6-2-3-9-4-6/h6H,2-5H2,1H3. The topological polar surface area (TPSA) is 43.4 Å². The minimum Gasteiger partial charge on any atom is -0.381 e. The van der Waals surface area contributed by atoms with E-state index in [1.165, 1.54) is 6.26 Å². The van der Waals surface area contributed by atoms with Crippen molar-refractivity contribution in [2.45, 2.75) is 6.42 Å². The SMILES string of the molecule is CS(=O)(=O)CC1CCOC1. The van der Waals surface area contributed by atoms with Crippen molar-refractivity contribution >= 4 is 9.84 Å². The van der Waals surface area contributed by atoms with E-state index in [9.17, 15) is 8.42 Å². The fraction of sp³-hybridized carbons (Fsp3) is 1.00. The lowest BCUT2D eigenvalue weighted by atomic mass is 10.2. The van der Waals surface area contributed by atoms with E-state index in [1.54, 1.807) is 0 Å². The Balaban J connectivity index is 2.38. The number of hydrogen-bond donors (Lipinski definition) is 0. The summed E-state index contributed by atoms with van der Waals surface area (Å²) in [4.78, 5) is 0. The van der Waals surface area contributed by atoms with Crippen LogP contribution in [0.1, 0.15) is 6.42 Å². The summed E-state index contributed by atoms with van der Waals surface area (Å²) < 4.78 is 26.5. The minimum absolute atomic E-state index is 0.245. The van der Waals surface area contributed by atoms with E-state index in [0.29, 0.717) is 6.61 Å². The Morgan fingerprint density at radius 3 is 2.70 bits per heavy atom. The molecule has 0 radical (unpaired) electrons. The Labute approximate surface area is 61.3 Å². The summed E-state index contributed by atoms with van der Waals surface area (Å²) in [5, 5.41) is 0. The van der Waals surface area contributed by atoms with Crippen LogP contribution in [0.3, 0.4) is 0 Å². The van der Waals surface area contributed by atoms with Crippen molar-refractivity contribution in [3.05, 3.63) is 0 Å². The molecule has 0 aromatic heterocycles. The molecular weight excluding hydrogens is 152 g/mol. The van der Waals surface area contributed by atoms with E-state index in [1.807, 2.05) is 0 Å². The molecule has 1 aliphatic rings. The normalized spacial score (nSPS) is 27.1. The van der Waals surface area contributed by atoms with Gasteiger partial charge in [-0.15, -0.1) is 0 Å². The van der Waals surface area contributed by atoms with Crippen LogP contribution < -0.4 is 0 Å². The van der Waals surface area contributed by atoms with Crippen LogP contribution in [0.4, 0.5) is 0 Å². The van der Waals surface area contributed by atoms with Gasteiger partial charge in [-0.05, 0) is 12.3 Å². The second kappa shape index (κ2) is 2.88. The molecule has 1 atom stereocenters. The van der Waals surface area contributed by atoms with Gasteiger partial charge in [0, 0.05) is 12.9 Å². The number of ether oxygens (including phenoxy) is 1. The van der Waals surface area contributed by atoms with Crippen LogP contribution in [0.15, 0.2) is 0 Å². The molecule has 0 aromatic carbocycles. The molecule has 1 fully saturated rings. The molecule has 0 spiro atoms.